The molecule has 0 aromatic rings. The average molecular weight is 234 g/mol. The van der Waals surface area contributed by atoms with Crippen LogP contribution in [0.2, 0.25) is 0 Å². The van der Waals surface area contributed by atoms with Crippen molar-refractivity contribution in [1.29, 1.82) is 0 Å². The van der Waals surface area contributed by atoms with E-state index < -0.39 is 12.3 Å². The smallest absolute Gasteiger partial charge is 0.210 e. The van der Waals surface area contributed by atoms with Crippen molar-refractivity contribution in [2.75, 3.05) is 0 Å². The standard InChI is InChI=1S/C14H28F2/c1-5-6-7-8-9-10-11-12(13(15)16)14(2,3)4/h12-13H,5-11H2,1-4H3. The Balaban J connectivity index is 3.70. The molecule has 0 nitrogen and oxygen atoms in total. The molecule has 0 saturated heterocycles. The Morgan fingerprint density at radius 3 is 1.81 bits per heavy atom. The first-order valence-electron chi connectivity index (χ1n) is 6.67. The van der Waals surface area contributed by atoms with Gasteiger partial charge in [0.05, 0.1) is 0 Å². The van der Waals surface area contributed by atoms with E-state index in [0.717, 1.165) is 12.8 Å². The van der Waals surface area contributed by atoms with Crippen molar-refractivity contribution < 1.29 is 8.78 Å². The number of alkyl halides is 2. The average Bonchev–Trinajstić information content (AvgIpc) is 2.13. The first-order valence-corrected chi connectivity index (χ1v) is 6.67. The van der Waals surface area contributed by atoms with Gasteiger partial charge in [0.25, 0.3) is 0 Å². The number of hydrogen-bond donors (Lipinski definition) is 0. The molecule has 0 N–H and O–H groups in total. The number of rotatable bonds is 8. The molecule has 98 valence electrons. The molecule has 0 aliphatic rings. The normalized spacial score (nSPS) is 14.4. The molecule has 16 heavy (non-hydrogen) atoms. The van der Waals surface area contributed by atoms with Crippen molar-refractivity contribution in [1.82, 2.24) is 0 Å². The van der Waals surface area contributed by atoms with Crippen LogP contribution in [0.1, 0.15) is 72.6 Å². The van der Waals surface area contributed by atoms with Gasteiger partial charge in [-0.25, -0.2) is 8.78 Å². The lowest BCUT2D eigenvalue weighted by Gasteiger charge is -2.30. The molecule has 1 atom stereocenters. The van der Waals surface area contributed by atoms with E-state index >= 15 is 0 Å². The van der Waals surface area contributed by atoms with E-state index in [1.54, 1.807) is 0 Å². The van der Waals surface area contributed by atoms with Crippen LogP contribution >= 0.6 is 0 Å². The molecule has 0 fully saturated rings. The summed E-state index contributed by atoms with van der Waals surface area (Å²) in [7, 11) is 0. The van der Waals surface area contributed by atoms with Gasteiger partial charge in [0.2, 0.25) is 6.43 Å². The molecular formula is C14H28F2. The van der Waals surface area contributed by atoms with Gasteiger partial charge >= 0.3 is 0 Å². The molecule has 0 aliphatic heterocycles. The molecule has 2 heteroatoms. The highest BCUT2D eigenvalue weighted by molar-refractivity contribution is 4.75. The first-order chi connectivity index (χ1) is 7.39. The van der Waals surface area contributed by atoms with Crippen LogP contribution in [0, 0.1) is 11.3 Å². The molecular weight excluding hydrogens is 206 g/mol. The topological polar surface area (TPSA) is 0 Å². The Morgan fingerprint density at radius 2 is 1.38 bits per heavy atom. The third kappa shape index (κ3) is 7.19. The van der Waals surface area contributed by atoms with Crippen molar-refractivity contribution in [3.63, 3.8) is 0 Å². The van der Waals surface area contributed by atoms with E-state index in [2.05, 4.69) is 6.92 Å². The largest absolute Gasteiger partial charge is 0.241 e. The van der Waals surface area contributed by atoms with E-state index in [-0.39, 0.29) is 5.41 Å². The third-order valence-corrected chi connectivity index (χ3v) is 3.29. The second-order valence-corrected chi connectivity index (χ2v) is 5.86. The van der Waals surface area contributed by atoms with Crippen LogP contribution in [0.3, 0.4) is 0 Å². The van der Waals surface area contributed by atoms with Gasteiger partial charge < -0.3 is 0 Å². The van der Waals surface area contributed by atoms with Crippen LogP contribution < -0.4 is 0 Å². The van der Waals surface area contributed by atoms with Crippen molar-refractivity contribution in [2.24, 2.45) is 11.3 Å². The second-order valence-electron chi connectivity index (χ2n) is 5.86. The summed E-state index contributed by atoms with van der Waals surface area (Å²) in [5.74, 6) is -0.446. The Labute approximate surface area is 99.8 Å². The minimum Gasteiger partial charge on any atom is -0.210 e. The molecule has 0 aromatic carbocycles. The third-order valence-electron chi connectivity index (χ3n) is 3.29. The minimum absolute atomic E-state index is 0.266. The van der Waals surface area contributed by atoms with Gasteiger partial charge in [-0.2, -0.15) is 0 Å². The summed E-state index contributed by atoms with van der Waals surface area (Å²) in [5, 5.41) is 0. The zero-order chi connectivity index (χ0) is 12.6. The Bertz CT molecular complexity index is 159. The monoisotopic (exact) mass is 234 g/mol. The summed E-state index contributed by atoms with van der Waals surface area (Å²) in [6, 6.07) is 0. The molecule has 0 spiro atoms. The molecule has 0 aromatic heterocycles. The van der Waals surface area contributed by atoms with Gasteiger partial charge in [-0.3, -0.25) is 0 Å². The number of halogens is 2. The van der Waals surface area contributed by atoms with Crippen molar-refractivity contribution in [3.05, 3.63) is 0 Å². The highest BCUT2D eigenvalue weighted by atomic mass is 19.3. The highest BCUT2D eigenvalue weighted by Crippen LogP contribution is 2.35. The maximum absolute atomic E-state index is 12.8. The van der Waals surface area contributed by atoms with E-state index in [0.29, 0.717) is 6.42 Å². The fourth-order valence-corrected chi connectivity index (χ4v) is 2.08. The summed E-state index contributed by atoms with van der Waals surface area (Å²) in [5.41, 5.74) is -0.266. The Kier molecular flexibility index (Phi) is 7.96. The van der Waals surface area contributed by atoms with Crippen LogP contribution in [0.5, 0.6) is 0 Å². The van der Waals surface area contributed by atoms with Gasteiger partial charge in [-0.05, 0) is 11.8 Å². The molecule has 0 saturated carbocycles. The van der Waals surface area contributed by atoms with Crippen LogP contribution in [0.4, 0.5) is 8.78 Å². The Morgan fingerprint density at radius 1 is 0.875 bits per heavy atom. The minimum atomic E-state index is -2.17. The zero-order valence-corrected chi connectivity index (χ0v) is 11.4. The quantitative estimate of drug-likeness (QED) is 0.475. The predicted octanol–water partition coefficient (Wildman–Crippen LogP) is 5.66. The van der Waals surface area contributed by atoms with E-state index in [9.17, 15) is 8.78 Å². The van der Waals surface area contributed by atoms with Crippen LogP contribution in [0.15, 0.2) is 0 Å². The van der Waals surface area contributed by atoms with Gasteiger partial charge in [0.1, 0.15) is 0 Å². The van der Waals surface area contributed by atoms with E-state index in [1.807, 2.05) is 20.8 Å². The molecule has 0 amide bonds. The number of hydrogen-bond acceptors (Lipinski definition) is 0. The molecule has 0 bridgehead atoms. The lowest BCUT2D eigenvalue weighted by molar-refractivity contribution is 0.00959. The molecule has 0 rings (SSSR count). The summed E-state index contributed by atoms with van der Waals surface area (Å²) in [6.07, 6.45) is 5.54. The molecule has 1 unspecified atom stereocenters. The lowest BCUT2D eigenvalue weighted by Crippen LogP contribution is -2.27. The maximum atomic E-state index is 12.8. The van der Waals surface area contributed by atoms with Crippen molar-refractivity contribution in [2.45, 2.75) is 79.1 Å². The number of unbranched alkanes of at least 4 members (excludes halogenated alkanes) is 5. The fourth-order valence-electron chi connectivity index (χ4n) is 2.08. The van der Waals surface area contributed by atoms with Gasteiger partial charge in [-0.15, -0.1) is 0 Å². The summed E-state index contributed by atoms with van der Waals surface area (Å²) in [4.78, 5) is 0. The van der Waals surface area contributed by atoms with Gasteiger partial charge in [0.15, 0.2) is 0 Å². The van der Waals surface area contributed by atoms with E-state index in [4.69, 9.17) is 0 Å². The molecule has 0 aliphatic carbocycles. The lowest BCUT2D eigenvalue weighted by atomic mass is 9.78. The van der Waals surface area contributed by atoms with Crippen molar-refractivity contribution in [3.8, 4) is 0 Å². The first kappa shape index (κ1) is 15.9. The molecule has 0 radical (unpaired) electrons. The summed E-state index contributed by atoms with van der Waals surface area (Å²) >= 11 is 0. The van der Waals surface area contributed by atoms with Crippen LogP contribution in [0.25, 0.3) is 0 Å². The van der Waals surface area contributed by atoms with Gasteiger partial charge in [-0.1, -0.05) is 66.2 Å². The fraction of sp³-hybridized carbons (Fsp3) is 1.00. The highest BCUT2D eigenvalue weighted by Gasteiger charge is 2.31. The maximum Gasteiger partial charge on any atom is 0.241 e. The zero-order valence-electron chi connectivity index (χ0n) is 11.4. The molecule has 0 heterocycles. The summed E-state index contributed by atoms with van der Waals surface area (Å²) in [6.45, 7) is 7.94. The SMILES string of the molecule is CCCCCCCCC(C(F)F)C(C)(C)C. The second kappa shape index (κ2) is 8.03. The Hall–Kier alpha value is -0.140. The summed E-state index contributed by atoms with van der Waals surface area (Å²) < 4.78 is 25.7. The van der Waals surface area contributed by atoms with E-state index in [1.165, 1.54) is 25.7 Å². The van der Waals surface area contributed by atoms with Crippen LogP contribution in [-0.4, -0.2) is 6.43 Å². The van der Waals surface area contributed by atoms with Crippen LogP contribution in [-0.2, 0) is 0 Å². The predicted molar refractivity (Wildman–Crippen MR) is 66.9 cm³/mol. The van der Waals surface area contributed by atoms with Gasteiger partial charge in [0, 0.05) is 5.92 Å². The van der Waals surface area contributed by atoms with Crippen molar-refractivity contribution >= 4 is 0 Å².